The number of carboxylic acid groups (broad SMARTS) is 1. The zero-order valence-corrected chi connectivity index (χ0v) is 22.4. The van der Waals surface area contributed by atoms with Gasteiger partial charge in [-0.05, 0) is 36.1 Å². The second-order valence-electron chi connectivity index (χ2n) is 9.46. The second kappa shape index (κ2) is 11.0. The van der Waals surface area contributed by atoms with Crippen LogP contribution in [0.4, 0.5) is 18.2 Å². The van der Waals surface area contributed by atoms with Gasteiger partial charge in [0.05, 0.1) is 18.1 Å². The summed E-state index contributed by atoms with van der Waals surface area (Å²) in [7, 11) is 0. The highest BCUT2D eigenvalue weighted by atomic mass is 32.2. The van der Waals surface area contributed by atoms with Gasteiger partial charge in [0.2, 0.25) is 11.7 Å². The van der Waals surface area contributed by atoms with Crippen LogP contribution >= 0.6 is 11.3 Å². The van der Waals surface area contributed by atoms with Crippen LogP contribution < -0.4 is 4.31 Å². The van der Waals surface area contributed by atoms with Gasteiger partial charge < -0.3 is 19.3 Å². The predicted molar refractivity (Wildman–Crippen MR) is 138 cm³/mol. The van der Waals surface area contributed by atoms with Gasteiger partial charge in [-0.25, -0.2) is 13.3 Å². The topological polar surface area (TPSA) is 133 Å². The molecule has 0 radical (unpaired) electrons. The number of carbonyl (C=O) groups is 2. The summed E-state index contributed by atoms with van der Waals surface area (Å²) in [6.45, 7) is 2.09. The number of amides is 1. The molecule has 1 amide bonds. The number of carbonyl (C=O) groups excluding carboxylic acids is 1. The van der Waals surface area contributed by atoms with Crippen LogP contribution in [-0.2, 0) is 38.2 Å². The predicted octanol–water partition coefficient (Wildman–Crippen LogP) is 4.17. The zero-order chi connectivity index (χ0) is 28.7. The van der Waals surface area contributed by atoms with Gasteiger partial charge in [0.15, 0.2) is 5.54 Å². The fourth-order valence-electron chi connectivity index (χ4n) is 4.89. The molecule has 1 aliphatic carbocycles. The number of alkyl halides is 3. The van der Waals surface area contributed by atoms with E-state index in [-0.39, 0.29) is 34.3 Å². The minimum Gasteiger partial charge on any atom is -0.479 e. The SMILES string of the molecule is O=C(CCc1cccc(C2CC2(C(=O)O)N(c2ccc(-c3cc(C(F)(F)F)on3)s2)S(=O)O)c1)N1CCOCC1. The first-order valence-electron chi connectivity index (χ1n) is 12.2. The molecule has 3 aromatic rings. The van der Waals surface area contributed by atoms with Gasteiger partial charge in [0.1, 0.15) is 10.7 Å². The van der Waals surface area contributed by atoms with Crippen LogP contribution in [0, 0.1) is 0 Å². The number of aromatic nitrogens is 1. The quantitative estimate of drug-likeness (QED) is 0.350. The molecule has 3 unspecified atom stereocenters. The molecule has 5 rings (SSSR count). The Balaban J connectivity index is 1.36. The molecule has 1 aromatic carbocycles. The van der Waals surface area contributed by atoms with Crippen LogP contribution in [0.5, 0.6) is 0 Å². The molecule has 10 nitrogen and oxygen atoms in total. The highest BCUT2D eigenvalue weighted by Crippen LogP contribution is 2.58. The lowest BCUT2D eigenvalue weighted by molar-refractivity contribution is -0.155. The lowest BCUT2D eigenvalue weighted by Crippen LogP contribution is -2.45. The third-order valence-corrected chi connectivity index (χ3v) is 9.04. The van der Waals surface area contributed by atoms with E-state index in [1.54, 1.807) is 23.1 Å². The fraction of sp³-hybridized carbons (Fsp3) is 0.400. The van der Waals surface area contributed by atoms with E-state index in [0.717, 1.165) is 21.2 Å². The molecule has 2 fully saturated rings. The number of nitrogens with zero attached hydrogens (tertiary/aromatic N) is 3. The standard InChI is InChI=1S/C25H24F3N3O7S2/c26-25(27,28)20-13-18(29-38-20)19-5-7-22(39-19)31(40(35)36)24(23(33)34)14-17(24)16-3-1-2-15(12-16)4-6-21(32)30-8-10-37-11-9-30/h1-3,5,7,12-13,17H,4,6,8-11,14H2,(H,33,34)(H,35,36). The third kappa shape index (κ3) is 5.50. The number of carboxylic acids is 1. The van der Waals surface area contributed by atoms with E-state index >= 15 is 0 Å². The summed E-state index contributed by atoms with van der Waals surface area (Å²) in [5.74, 6) is -3.25. The summed E-state index contributed by atoms with van der Waals surface area (Å²) in [5, 5.41) is 13.7. The van der Waals surface area contributed by atoms with Crippen molar-refractivity contribution in [3.8, 4) is 10.6 Å². The lowest BCUT2D eigenvalue weighted by Gasteiger charge is -2.27. The lowest BCUT2D eigenvalue weighted by atomic mass is 10.0. The Labute approximate surface area is 232 Å². The minimum atomic E-state index is -4.73. The number of hydrogen-bond donors (Lipinski definition) is 2. The van der Waals surface area contributed by atoms with E-state index in [4.69, 9.17) is 4.74 Å². The van der Waals surface area contributed by atoms with Crippen LogP contribution in [0.1, 0.15) is 35.6 Å². The van der Waals surface area contributed by atoms with Crippen molar-refractivity contribution in [2.24, 2.45) is 0 Å². The van der Waals surface area contributed by atoms with Crippen molar-refractivity contribution in [1.29, 1.82) is 0 Å². The fourth-order valence-corrected chi connectivity index (χ4v) is 6.91. The number of aliphatic carboxylic acids is 1. The molecular formula is C25H24F3N3O7S2. The van der Waals surface area contributed by atoms with Crippen LogP contribution in [0.25, 0.3) is 10.6 Å². The first-order valence-corrected chi connectivity index (χ1v) is 14.1. The number of morpholine rings is 1. The Hall–Kier alpha value is -3.27. The Kier molecular flexibility index (Phi) is 7.74. The van der Waals surface area contributed by atoms with Crippen LogP contribution in [0.2, 0.25) is 0 Å². The number of hydrogen-bond acceptors (Lipinski definition) is 7. The van der Waals surface area contributed by atoms with Crippen molar-refractivity contribution in [3.05, 3.63) is 59.4 Å². The summed E-state index contributed by atoms with van der Waals surface area (Å²) in [6, 6.07) is 10.6. The van der Waals surface area contributed by atoms with E-state index in [2.05, 4.69) is 9.68 Å². The largest absolute Gasteiger partial charge is 0.479 e. The second-order valence-corrected chi connectivity index (χ2v) is 11.4. The van der Waals surface area contributed by atoms with Gasteiger partial charge in [-0.3, -0.25) is 9.35 Å². The van der Waals surface area contributed by atoms with Crippen LogP contribution in [0.3, 0.4) is 0 Å². The van der Waals surface area contributed by atoms with E-state index < -0.39 is 40.6 Å². The number of ether oxygens (including phenoxy) is 1. The van der Waals surface area contributed by atoms with Crippen molar-refractivity contribution < 1.29 is 45.9 Å². The average molecular weight is 600 g/mol. The Bertz CT molecular complexity index is 1440. The smallest absolute Gasteiger partial charge is 0.452 e. The Morgan fingerprint density at radius 3 is 2.60 bits per heavy atom. The maximum Gasteiger partial charge on any atom is 0.452 e. The Morgan fingerprint density at radius 1 is 1.20 bits per heavy atom. The maximum atomic E-state index is 12.9. The maximum absolute atomic E-state index is 12.9. The molecule has 2 aliphatic rings. The summed E-state index contributed by atoms with van der Waals surface area (Å²) < 4.78 is 71.9. The van der Waals surface area contributed by atoms with Gasteiger partial charge >= 0.3 is 12.1 Å². The number of benzene rings is 1. The highest BCUT2D eigenvalue weighted by Gasteiger charge is 2.67. The van der Waals surface area contributed by atoms with E-state index in [0.29, 0.717) is 44.4 Å². The van der Waals surface area contributed by atoms with E-state index in [1.807, 2.05) is 6.07 Å². The normalized spacial score (nSPS) is 21.7. The zero-order valence-electron chi connectivity index (χ0n) is 20.8. The summed E-state index contributed by atoms with van der Waals surface area (Å²) in [5.41, 5.74) is -0.433. The molecule has 1 aliphatic heterocycles. The van der Waals surface area contributed by atoms with E-state index in [9.17, 15) is 36.6 Å². The molecule has 1 saturated carbocycles. The third-order valence-electron chi connectivity index (χ3n) is 7.00. The van der Waals surface area contributed by atoms with E-state index in [1.165, 1.54) is 12.1 Å². The minimum absolute atomic E-state index is 0.00447. The van der Waals surface area contributed by atoms with Crippen LogP contribution in [0.15, 0.2) is 47.0 Å². The molecule has 3 atom stereocenters. The molecule has 0 bridgehead atoms. The highest BCUT2D eigenvalue weighted by molar-refractivity contribution is 7.81. The number of anilines is 1. The number of aryl methyl sites for hydroxylation is 1. The summed E-state index contributed by atoms with van der Waals surface area (Å²) in [4.78, 5) is 27.0. The van der Waals surface area contributed by atoms with Gasteiger partial charge in [-0.2, -0.15) is 13.2 Å². The molecular weight excluding hydrogens is 575 g/mol. The average Bonchev–Trinajstić information content (AvgIpc) is 3.23. The molecule has 1 saturated heterocycles. The molecule has 0 spiro atoms. The first kappa shape index (κ1) is 28.3. The molecule has 40 heavy (non-hydrogen) atoms. The van der Waals surface area contributed by atoms with Gasteiger partial charge in [0.25, 0.3) is 11.3 Å². The van der Waals surface area contributed by atoms with Crippen molar-refractivity contribution in [3.63, 3.8) is 0 Å². The molecule has 15 heteroatoms. The van der Waals surface area contributed by atoms with Crippen molar-refractivity contribution in [2.45, 2.75) is 36.9 Å². The summed E-state index contributed by atoms with van der Waals surface area (Å²) >= 11 is -1.94. The van der Waals surface area contributed by atoms with Crippen molar-refractivity contribution >= 4 is 39.5 Å². The molecule has 2 N–H and O–H groups in total. The van der Waals surface area contributed by atoms with Gasteiger partial charge in [0, 0.05) is 31.5 Å². The van der Waals surface area contributed by atoms with Gasteiger partial charge in [-0.1, -0.05) is 29.4 Å². The van der Waals surface area contributed by atoms with Crippen molar-refractivity contribution in [1.82, 2.24) is 10.1 Å². The first-order chi connectivity index (χ1) is 19.0. The molecule has 214 valence electrons. The van der Waals surface area contributed by atoms with Gasteiger partial charge in [-0.15, -0.1) is 11.3 Å². The van der Waals surface area contributed by atoms with Crippen molar-refractivity contribution in [2.75, 3.05) is 30.6 Å². The number of rotatable bonds is 9. The summed E-state index contributed by atoms with van der Waals surface area (Å²) in [6.07, 6.45) is -3.98. The molecule has 2 aromatic heterocycles. The Morgan fingerprint density at radius 2 is 1.95 bits per heavy atom. The van der Waals surface area contributed by atoms with Crippen LogP contribution in [-0.4, -0.2) is 67.6 Å². The number of thiophene rings is 1. The molecule has 3 heterocycles. The monoisotopic (exact) mass is 599 g/mol. The number of halogens is 3.